The van der Waals surface area contributed by atoms with E-state index in [9.17, 15) is 14.3 Å². The molecule has 2 rings (SSSR count). The van der Waals surface area contributed by atoms with Gasteiger partial charge in [0.15, 0.2) is 0 Å². The van der Waals surface area contributed by atoms with E-state index in [0.29, 0.717) is 11.1 Å². The number of hydrogen-bond acceptors (Lipinski definition) is 2. The molecule has 4 heteroatoms. The van der Waals surface area contributed by atoms with Crippen molar-refractivity contribution in [1.29, 1.82) is 0 Å². The number of nitrogens with one attached hydrogen (secondary N) is 1. The van der Waals surface area contributed by atoms with Gasteiger partial charge in [0.2, 0.25) is 0 Å². The van der Waals surface area contributed by atoms with Crippen molar-refractivity contribution < 1.29 is 14.3 Å². The second-order valence-corrected chi connectivity index (χ2v) is 4.58. The Hall–Kier alpha value is -2.20. The highest BCUT2D eigenvalue weighted by atomic mass is 19.1. The van der Waals surface area contributed by atoms with E-state index in [1.165, 1.54) is 18.2 Å². The molecule has 20 heavy (non-hydrogen) atoms. The van der Waals surface area contributed by atoms with Gasteiger partial charge in [0, 0.05) is 5.56 Å². The third kappa shape index (κ3) is 3.22. The fraction of sp³-hybridized carbons (Fsp3) is 0.188. The fourth-order valence-electron chi connectivity index (χ4n) is 1.95. The summed E-state index contributed by atoms with van der Waals surface area (Å²) < 4.78 is 13.2. The van der Waals surface area contributed by atoms with E-state index in [0.717, 1.165) is 5.56 Å². The topological polar surface area (TPSA) is 49.3 Å². The number of amides is 1. The third-order valence-corrected chi connectivity index (χ3v) is 3.11. The zero-order chi connectivity index (χ0) is 14.5. The number of aliphatic hydroxyl groups is 1. The zero-order valence-corrected chi connectivity index (χ0v) is 11.1. The molecule has 0 saturated heterocycles. The summed E-state index contributed by atoms with van der Waals surface area (Å²) in [5.41, 5.74) is 1.61. The molecule has 1 atom stereocenters. The Morgan fingerprint density at radius 3 is 2.55 bits per heavy atom. The van der Waals surface area contributed by atoms with E-state index < -0.39 is 6.04 Å². The van der Waals surface area contributed by atoms with Crippen LogP contribution in [0.5, 0.6) is 0 Å². The molecule has 104 valence electrons. The van der Waals surface area contributed by atoms with Crippen LogP contribution in [0.4, 0.5) is 4.39 Å². The molecule has 0 heterocycles. The van der Waals surface area contributed by atoms with E-state index in [1.54, 1.807) is 6.92 Å². The number of hydrogen-bond donors (Lipinski definition) is 2. The summed E-state index contributed by atoms with van der Waals surface area (Å²) in [5.74, 6) is -0.681. The lowest BCUT2D eigenvalue weighted by atomic mass is 10.1. The molecule has 0 aliphatic heterocycles. The largest absolute Gasteiger partial charge is 0.394 e. The van der Waals surface area contributed by atoms with E-state index in [1.807, 2.05) is 30.3 Å². The molecule has 1 amide bonds. The molecule has 3 nitrogen and oxygen atoms in total. The maximum absolute atomic E-state index is 13.2. The van der Waals surface area contributed by atoms with Crippen molar-refractivity contribution in [2.24, 2.45) is 0 Å². The Labute approximate surface area is 117 Å². The maximum atomic E-state index is 13.2. The number of carbonyl (C=O) groups is 1. The SMILES string of the molecule is Cc1cc(C(=O)N[C@@H](CO)c2ccccc2)ccc1F. The summed E-state index contributed by atoms with van der Waals surface area (Å²) in [4.78, 5) is 12.1. The van der Waals surface area contributed by atoms with Gasteiger partial charge in [0.25, 0.3) is 5.91 Å². The van der Waals surface area contributed by atoms with Crippen molar-refractivity contribution in [3.8, 4) is 0 Å². The van der Waals surface area contributed by atoms with Crippen LogP contribution >= 0.6 is 0 Å². The Morgan fingerprint density at radius 1 is 1.25 bits per heavy atom. The van der Waals surface area contributed by atoms with Crippen LogP contribution in [0, 0.1) is 12.7 Å². The van der Waals surface area contributed by atoms with Crippen molar-refractivity contribution in [1.82, 2.24) is 5.32 Å². The first kappa shape index (κ1) is 14.2. The molecular formula is C16H16FNO2. The van der Waals surface area contributed by atoms with Crippen LogP contribution in [-0.2, 0) is 0 Å². The Kier molecular flexibility index (Phi) is 4.48. The molecule has 0 spiro atoms. The van der Waals surface area contributed by atoms with Crippen LogP contribution in [0.3, 0.4) is 0 Å². The Bertz CT molecular complexity index is 599. The van der Waals surface area contributed by atoms with Gasteiger partial charge in [-0.1, -0.05) is 30.3 Å². The minimum absolute atomic E-state index is 0.198. The molecule has 0 saturated carbocycles. The first-order chi connectivity index (χ1) is 9.61. The van der Waals surface area contributed by atoms with Crippen LogP contribution in [0.2, 0.25) is 0 Å². The third-order valence-electron chi connectivity index (χ3n) is 3.11. The van der Waals surface area contributed by atoms with Crippen molar-refractivity contribution in [2.75, 3.05) is 6.61 Å². The molecule has 0 aliphatic carbocycles. The number of aryl methyl sites for hydroxylation is 1. The van der Waals surface area contributed by atoms with Gasteiger partial charge >= 0.3 is 0 Å². The van der Waals surface area contributed by atoms with Gasteiger partial charge in [-0.15, -0.1) is 0 Å². The summed E-state index contributed by atoms with van der Waals surface area (Å²) in [7, 11) is 0. The quantitative estimate of drug-likeness (QED) is 0.899. The molecule has 0 bridgehead atoms. The van der Waals surface area contributed by atoms with Gasteiger partial charge in [0.05, 0.1) is 12.6 Å². The lowest BCUT2D eigenvalue weighted by molar-refractivity contribution is 0.0916. The van der Waals surface area contributed by atoms with Crippen molar-refractivity contribution in [3.63, 3.8) is 0 Å². The van der Waals surface area contributed by atoms with Crippen molar-refractivity contribution >= 4 is 5.91 Å². The van der Waals surface area contributed by atoms with Gasteiger partial charge < -0.3 is 10.4 Å². The summed E-state index contributed by atoms with van der Waals surface area (Å²) >= 11 is 0. The minimum atomic E-state index is -0.478. The van der Waals surface area contributed by atoms with Crippen molar-refractivity contribution in [3.05, 3.63) is 71.0 Å². The summed E-state index contributed by atoms with van der Waals surface area (Å²) in [5, 5.41) is 12.1. The Balaban J connectivity index is 2.15. The first-order valence-corrected chi connectivity index (χ1v) is 6.34. The highest BCUT2D eigenvalue weighted by Crippen LogP contribution is 2.14. The standard InChI is InChI=1S/C16H16FNO2/c1-11-9-13(7-8-14(11)17)16(20)18-15(10-19)12-5-3-2-4-6-12/h2-9,15,19H,10H2,1H3,(H,18,20)/t15-/m0/s1. The fourth-order valence-corrected chi connectivity index (χ4v) is 1.95. The van der Waals surface area contributed by atoms with Crippen molar-refractivity contribution in [2.45, 2.75) is 13.0 Å². The monoisotopic (exact) mass is 273 g/mol. The molecule has 0 radical (unpaired) electrons. The maximum Gasteiger partial charge on any atom is 0.251 e. The van der Waals surface area contributed by atoms with Crippen LogP contribution < -0.4 is 5.32 Å². The number of benzene rings is 2. The molecule has 0 aromatic heterocycles. The van der Waals surface area contributed by atoms with E-state index in [-0.39, 0.29) is 18.3 Å². The van der Waals surface area contributed by atoms with Gasteiger partial charge in [-0.25, -0.2) is 4.39 Å². The second kappa shape index (κ2) is 6.30. The van der Waals surface area contributed by atoms with Gasteiger partial charge in [-0.05, 0) is 36.2 Å². The Morgan fingerprint density at radius 2 is 1.95 bits per heavy atom. The predicted molar refractivity (Wildman–Crippen MR) is 74.9 cm³/mol. The molecule has 0 fully saturated rings. The number of rotatable bonds is 4. The lowest BCUT2D eigenvalue weighted by Gasteiger charge is -2.17. The average molecular weight is 273 g/mol. The predicted octanol–water partition coefficient (Wildman–Crippen LogP) is 2.60. The van der Waals surface area contributed by atoms with Gasteiger partial charge in [-0.2, -0.15) is 0 Å². The second-order valence-electron chi connectivity index (χ2n) is 4.58. The number of carbonyl (C=O) groups excluding carboxylic acids is 1. The minimum Gasteiger partial charge on any atom is -0.394 e. The summed E-state index contributed by atoms with van der Waals surface area (Å²) in [6.07, 6.45) is 0. The number of halogens is 1. The zero-order valence-electron chi connectivity index (χ0n) is 11.1. The summed E-state index contributed by atoms with van der Waals surface area (Å²) in [6.45, 7) is 1.41. The number of aliphatic hydroxyl groups excluding tert-OH is 1. The van der Waals surface area contributed by atoms with Crippen LogP contribution in [0.15, 0.2) is 48.5 Å². The van der Waals surface area contributed by atoms with Crippen LogP contribution in [0.1, 0.15) is 27.5 Å². The van der Waals surface area contributed by atoms with Gasteiger partial charge in [-0.3, -0.25) is 4.79 Å². The summed E-state index contributed by atoms with van der Waals surface area (Å²) in [6, 6.07) is 12.9. The van der Waals surface area contributed by atoms with E-state index in [2.05, 4.69) is 5.32 Å². The molecule has 0 unspecified atom stereocenters. The average Bonchev–Trinajstić information content (AvgIpc) is 2.48. The highest BCUT2D eigenvalue weighted by molar-refractivity contribution is 5.94. The molecular weight excluding hydrogens is 257 g/mol. The highest BCUT2D eigenvalue weighted by Gasteiger charge is 2.15. The van der Waals surface area contributed by atoms with Crippen LogP contribution in [-0.4, -0.2) is 17.6 Å². The molecule has 0 aliphatic rings. The first-order valence-electron chi connectivity index (χ1n) is 6.34. The molecule has 2 aromatic rings. The normalized spacial score (nSPS) is 11.9. The molecule has 2 N–H and O–H groups in total. The smallest absolute Gasteiger partial charge is 0.251 e. The molecule has 2 aromatic carbocycles. The van der Waals surface area contributed by atoms with Crippen LogP contribution in [0.25, 0.3) is 0 Å². The van der Waals surface area contributed by atoms with Gasteiger partial charge in [0.1, 0.15) is 5.82 Å². The van der Waals surface area contributed by atoms with E-state index >= 15 is 0 Å². The van der Waals surface area contributed by atoms with E-state index in [4.69, 9.17) is 0 Å². The lowest BCUT2D eigenvalue weighted by Crippen LogP contribution is -2.30.